The van der Waals surface area contributed by atoms with Crippen molar-refractivity contribution in [2.45, 2.75) is 51.2 Å². The first kappa shape index (κ1) is 23.2. The fourth-order valence-corrected chi connectivity index (χ4v) is 5.24. The highest BCUT2D eigenvalue weighted by molar-refractivity contribution is 5.83. The molecule has 0 radical (unpaired) electrons. The van der Waals surface area contributed by atoms with Crippen LogP contribution in [-0.2, 0) is 6.54 Å². The van der Waals surface area contributed by atoms with Crippen LogP contribution >= 0.6 is 0 Å². The van der Waals surface area contributed by atoms with E-state index in [2.05, 4.69) is 64.7 Å². The van der Waals surface area contributed by atoms with Crippen molar-refractivity contribution in [3.63, 3.8) is 0 Å². The van der Waals surface area contributed by atoms with Gasteiger partial charge in [0.25, 0.3) is 0 Å². The standard InChI is InChI=1S/C28H29N9/c1-18-3-2-4-24(32-18)27-30-13-11-25(35-27)34-26-12-14-31-28(36-26)33-21-7-5-19(6-8-21)17-37-22-9-10-23(37)16-20(29)15-22/h2-8,11-14,22-23,29H,9-10,15-17H2,1H3,(H2,30,31,33,34,35,36). The molecule has 2 saturated heterocycles. The summed E-state index contributed by atoms with van der Waals surface area (Å²) >= 11 is 0. The topological polar surface area (TPSA) is 116 Å². The van der Waals surface area contributed by atoms with E-state index in [4.69, 9.17) is 5.41 Å². The maximum atomic E-state index is 8.06. The molecule has 6 rings (SSSR count). The zero-order chi connectivity index (χ0) is 25.2. The summed E-state index contributed by atoms with van der Waals surface area (Å²) in [7, 11) is 0. The molecular weight excluding hydrogens is 462 g/mol. The van der Waals surface area contributed by atoms with Crippen LogP contribution in [0.2, 0.25) is 0 Å². The zero-order valence-electron chi connectivity index (χ0n) is 20.7. The minimum Gasteiger partial charge on any atom is -0.325 e. The molecule has 2 bridgehead atoms. The summed E-state index contributed by atoms with van der Waals surface area (Å²) in [5, 5.41) is 14.6. The number of rotatable bonds is 7. The van der Waals surface area contributed by atoms with Crippen LogP contribution in [0, 0.1) is 12.3 Å². The van der Waals surface area contributed by atoms with Gasteiger partial charge in [-0.1, -0.05) is 18.2 Å². The maximum Gasteiger partial charge on any atom is 0.229 e. The number of piperidine rings is 1. The molecule has 2 atom stereocenters. The van der Waals surface area contributed by atoms with Crippen molar-refractivity contribution in [3.8, 4) is 11.5 Å². The summed E-state index contributed by atoms with van der Waals surface area (Å²) in [5.41, 5.74) is 4.78. The predicted molar refractivity (Wildman–Crippen MR) is 144 cm³/mol. The number of pyridine rings is 1. The second-order valence-electron chi connectivity index (χ2n) is 9.71. The molecular formula is C28H29N9. The van der Waals surface area contributed by atoms with Crippen LogP contribution in [0.15, 0.2) is 67.0 Å². The Morgan fingerprint density at radius 2 is 1.57 bits per heavy atom. The number of aromatic nitrogens is 5. The Balaban J connectivity index is 1.10. The number of aryl methyl sites for hydroxylation is 1. The SMILES string of the molecule is Cc1cccc(-c2nccc(Nc3ccnc(Nc4ccc(CN5C6CCC5CC(=N)C6)cc4)n3)n2)n1. The van der Waals surface area contributed by atoms with Crippen LogP contribution in [0.4, 0.5) is 23.3 Å². The van der Waals surface area contributed by atoms with Crippen LogP contribution in [0.1, 0.15) is 36.9 Å². The van der Waals surface area contributed by atoms with Crippen molar-refractivity contribution in [2.24, 2.45) is 0 Å². The number of anilines is 4. The molecule has 3 N–H and O–H groups in total. The van der Waals surface area contributed by atoms with Crippen LogP contribution < -0.4 is 10.6 Å². The Labute approximate surface area is 216 Å². The Morgan fingerprint density at radius 1 is 0.838 bits per heavy atom. The molecule has 0 aliphatic carbocycles. The molecule has 4 aromatic rings. The highest BCUT2D eigenvalue weighted by Crippen LogP contribution is 2.35. The normalized spacial score (nSPS) is 19.1. The van der Waals surface area contributed by atoms with Gasteiger partial charge in [0, 0.05) is 61.0 Å². The molecule has 3 aromatic heterocycles. The lowest BCUT2D eigenvalue weighted by Crippen LogP contribution is -2.42. The average Bonchev–Trinajstić information content (AvgIpc) is 3.13. The van der Waals surface area contributed by atoms with E-state index in [1.165, 1.54) is 18.4 Å². The molecule has 2 aliphatic heterocycles. The molecule has 9 heteroatoms. The van der Waals surface area contributed by atoms with E-state index in [1.807, 2.05) is 25.1 Å². The van der Waals surface area contributed by atoms with Gasteiger partial charge in [0.2, 0.25) is 5.95 Å². The first-order chi connectivity index (χ1) is 18.1. The fourth-order valence-electron chi connectivity index (χ4n) is 5.24. The largest absolute Gasteiger partial charge is 0.325 e. The molecule has 37 heavy (non-hydrogen) atoms. The minimum absolute atomic E-state index is 0.500. The van der Waals surface area contributed by atoms with E-state index in [-0.39, 0.29) is 0 Å². The third-order valence-corrected chi connectivity index (χ3v) is 7.00. The summed E-state index contributed by atoms with van der Waals surface area (Å²) in [6, 6.07) is 18.9. The Hall–Kier alpha value is -4.24. The highest BCUT2D eigenvalue weighted by atomic mass is 15.2. The maximum absolute atomic E-state index is 8.06. The third-order valence-electron chi connectivity index (χ3n) is 7.00. The van der Waals surface area contributed by atoms with Crippen molar-refractivity contribution in [1.82, 2.24) is 29.8 Å². The number of fused-ring (bicyclic) bond motifs is 2. The lowest BCUT2D eigenvalue weighted by atomic mass is 10.00. The molecule has 1 aromatic carbocycles. The predicted octanol–water partition coefficient (Wildman–Crippen LogP) is 5.27. The lowest BCUT2D eigenvalue weighted by Gasteiger charge is -2.35. The number of nitrogens with one attached hydrogen (secondary N) is 3. The minimum atomic E-state index is 0.500. The van der Waals surface area contributed by atoms with Crippen molar-refractivity contribution < 1.29 is 0 Å². The van der Waals surface area contributed by atoms with E-state index in [0.717, 1.165) is 42.2 Å². The quantitative estimate of drug-likeness (QED) is 0.320. The second-order valence-corrected chi connectivity index (χ2v) is 9.71. The van der Waals surface area contributed by atoms with Gasteiger partial charge < -0.3 is 16.0 Å². The summed E-state index contributed by atoms with van der Waals surface area (Å²) in [6.45, 7) is 2.89. The third kappa shape index (κ3) is 5.31. The molecule has 5 heterocycles. The van der Waals surface area contributed by atoms with Gasteiger partial charge in [-0.25, -0.2) is 19.9 Å². The molecule has 186 valence electrons. The number of hydrogen-bond acceptors (Lipinski definition) is 9. The van der Waals surface area contributed by atoms with Gasteiger partial charge in [0.05, 0.1) is 0 Å². The van der Waals surface area contributed by atoms with Gasteiger partial charge in [-0.15, -0.1) is 0 Å². The number of nitrogens with zero attached hydrogens (tertiary/aromatic N) is 6. The van der Waals surface area contributed by atoms with Gasteiger partial charge in [-0.05, 0) is 61.7 Å². The molecule has 0 saturated carbocycles. The van der Waals surface area contributed by atoms with Crippen LogP contribution in [0.5, 0.6) is 0 Å². The Kier molecular flexibility index (Phi) is 6.28. The second kappa shape index (κ2) is 10.0. The van der Waals surface area contributed by atoms with Gasteiger partial charge >= 0.3 is 0 Å². The van der Waals surface area contributed by atoms with Crippen molar-refractivity contribution in [2.75, 3.05) is 10.6 Å². The highest BCUT2D eigenvalue weighted by Gasteiger charge is 2.38. The van der Waals surface area contributed by atoms with Crippen molar-refractivity contribution in [1.29, 1.82) is 5.41 Å². The molecule has 2 fully saturated rings. The fraction of sp³-hybridized carbons (Fsp3) is 0.286. The van der Waals surface area contributed by atoms with Gasteiger partial charge in [-0.3, -0.25) is 4.90 Å². The van der Waals surface area contributed by atoms with Crippen LogP contribution in [0.25, 0.3) is 11.5 Å². The number of hydrogen-bond donors (Lipinski definition) is 3. The Bertz CT molecular complexity index is 1400. The Morgan fingerprint density at radius 3 is 2.32 bits per heavy atom. The van der Waals surface area contributed by atoms with Crippen molar-refractivity contribution >= 4 is 29.0 Å². The van der Waals surface area contributed by atoms with E-state index >= 15 is 0 Å². The monoisotopic (exact) mass is 491 g/mol. The van der Waals surface area contributed by atoms with Crippen LogP contribution in [-0.4, -0.2) is 47.6 Å². The summed E-state index contributed by atoms with van der Waals surface area (Å²) in [5.74, 6) is 2.31. The lowest BCUT2D eigenvalue weighted by molar-refractivity contribution is 0.174. The first-order valence-electron chi connectivity index (χ1n) is 12.6. The molecule has 0 amide bonds. The summed E-state index contributed by atoms with van der Waals surface area (Å²) < 4.78 is 0. The zero-order valence-corrected chi connectivity index (χ0v) is 20.7. The average molecular weight is 492 g/mol. The van der Waals surface area contributed by atoms with Gasteiger partial charge in [0.1, 0.15) is 17.3 Å². The molecule has 0 spiro atoms. The van der Waals surface area contributed by atoms with Crippen LogP contribution in [0.3, 0.4) is 0 Å². The molecule has 2 aliphatic rings. The van der Waals surface area contributed by atoms with Crippen molar-refractivity contribution in [3.05, 3.63) is 78.2 Å². The molecule has 2 unspecified atom stereocenters. The van der Waals surface area contributed by atoms with E-state index in [9.17, 15) is 0 Å². The van der Waals surface area contributed by atoms with E-state index < -0.39 is 0 Å². The van der Waals surface area contributed by atoms with Gasteiger partial charge in [0.15, 0.2) is 5.82 Å². The summed E-state index contributed by atoms with van der Waals surface area (Å²) in [4.78, 5) is 25.0. The summed E-state index contributed by atoms with van der Waals surface area (Å²) in [6.07, 6.45) is 7.70. The first-order valence-corrected chi connectivity index (χ1v) is 12.6. The smallest absolute Gasteiger partial charge is 0.229 e. The molecule has 9 nitrogen and oxygen atoms in total. The number of benzene rings is 1. The van der Waals surface area contributed by atoms with E-state index in [0.29, 0.717) is 35.5 Å². The van der Waals surface area contributed by atoms with E-state index in [1.54, 1.807) is 24.5 Å². The van der Waals surface area contributed by atoms with Gasteiger partial charge in [-0.2, -0.15) is 4.98 Å².